The minimum atomic E-state index is -0.882. The van der Waals surface area contributed by atoms with E-state index in [2.05, 4.69) is 15.6 Å². The first-order valence-corrected chi connectivity index (χ1v) is 9.80. The van der Waals surface area contributed by atoms with Gasteiger partial charge in [-0.2, -0.15) is 0 Å². The number of aromatic nitrogens is 1. The zero-order valence-electron chi connectivity index (χ0n) is 15.9. The van der Waals surface area contributed by atoms with Gasteiger partial charge in [-0.3, -0.25) is 4.79 Å². The maximum Gasteiger partial charge on any atom is 0.319 e. The summed E-state index contributed by atoms with van der Waals surface area (Å²) in [6.45, 7) is 0. The minimum Gasteiger partial charge on any atom is -0.481 e. The molecule has 7 heteroatoms. The Morgan fingerprint density at radius 1 is 1.17 bits per heavy atom. The smallest absolute Gasteiger partial charge is 0.319 e. The van der Waals surface area contributed by atoms with Gasteiger partial charge in [-0.15, -0.1) is 0 Å². The van der Waals surface area contributed by atoms with Crippen LogP contribution >= 0.6 is 0 Å². The SMILES string of the molecule is O=C(O)CCC(Cc1ccccc1)NC(=O)Nc1ccc2nc(C3CC3)oc2c1. The summed E-state index contributed by atoms with van der Waals surface area (Å²) >= 11 is 0. The number of anilines is 1. The highest BCUT2D eigenvalue weighted by molar-refractivity contribution is 5.91. The Balaban J connectivity index is 1.40. The van der Waals surface area contributed by atoms with Crippen LogP contribution in [0.4, 0.5) is 10.5 Å². The minimum absolute atomic E-state index is 0.00819. The van der Waals surface area contributed by atoms with E-state index in [9.17, 15) is 9.59 Å². The van der Waals surface area contributed by atoms with Crippen molar-refractivity contribution in [3.8, 4) is 0 Å². The number of oxazole rings is 1. The third-order valence-electron chi connectivity index (χ3n) is 4.96. The van der Waals surface area contributed by atoms with E-state index in [4.69, 9.17) is 9.52 Å². The van der Waals surface area contributed by atoms with Gasteiger partial charge >= 0.3 is 12.0 Å². The van der Waals surface area contributed by atoms with Crippen LogP contribution in [0.1, 0.15) is 43.1 Å². The number of benzene rings is 2. The molecule has 0 radical (unpaired) electrons. The van der Waals surface area contributed by atoms with Crippen molar-refractivity contribution >= 4 is 28.8 Å². The Morgan fingerprint density at radius 3 is 2.69 bits per heavy atom. The highest BCUT2D eigenvalue weighted by Crippen LogP contribution is 2.40. The van der Waals surface area contributed by atoms with Gasteiger partial charge in [0.1, 0.15) is 5.52 Å². The second-order valence-corrected chi connectivity index (χ2v) is 7.43. The molecule has 3 aromatic rings. The van der Waals surface area contributed by atoms with Crippen LogP contribution < -0.4 is 10.6 Å². The molecule has 1 saturated carbocycles. The van der Waals surface area contributed by atoms with Gasteiger partial charge in [0, 0.05) is 30.1 Å². The van der Waals surface area contributed by atoms with Crippen LogP contribution in [0.5, 0.6) is 0 Å². The van der Waals surface area contributed by atoms with Crippen molar-refractivity contribution in [2.75, 3.05) is 5.32 Å². The molecule has 0 aliphatic heterocycles. The zero-order chi connectivity index (χ0) is 20.2. The predicted octanol–water partition coefficient (Wildman–Crippen LogP) is 4.30. The summed E-state index contributed by atoms with van der Waals surface area (Å²) in [5.74, 6) is 0.306. The first kappa shape index (κ1) is 19.0. The highest BCUT2D eigenvalue weighted by Gasteiger charge is 2.28. The molecule has 1 heterocycles. The molecule has 0 spiro atoms. The van der Waals surface area contributed by atoms with Crippen LogP contribution in [0.3, 0.4) is 0 Å². The molecule has 1 aromatic heterocycles. The third kappa shape index (κ3) is 5.13. The van der Waals surface area contributed by atoms with Crippen molar-refractivity contribution in [3.05, 3.63) is 60.0 Å². The van der Waals surface area contributed by atoms with E-state index in [1.54, 1.807) is 12.1 Å². The summed E-state index contributed by atoms with van der Waals surface area (Å²) < 4.78 is 5.79. The number of carbonyl (C=O) groups excluding carboxylic acids is 1. The van der Waals surface area contributed by atoms with Gasteiger partial charge < -0.3 is 20.2 Å². The van der Waals surface area contributed by atoms with Gasteiger partial charge in [-0.25, -0.2) is 9.78 Å². The first-order valence-electron chi connectivity index (χ1n) is 9.80. The van der Waals surface area contributed by atoms with Gasteiger partial charge in [-0.05, 0) is 43.4 Å². The van der Waals surface area contributed by atoms with Crippen LogP contribution in [-0.2, 0) is 11.2 Å². The molecule has 2 aromatic carbocycles. The van der Waals surface area contributed by atoms with E-state index in [-0.39, 0.29) is 18.5 Å². The fourth-order valence-electron chi connectivity index (χ4n) is 3.30. The molecule has 0 saturated heterocycles. The average Bonchev–Trinajstić information content (AvgIpc) is 3.46. The number of carbonyl (C=O) groups is 2. The summed E-state index contributed by atoms with van der Waals surface area (Å²) in [6, 6.07) is 14.4. The van der Waals surface area contributed by atoms with Gasteiger partial charge in [0.15, 0.2) is 11.5 Å². The first-order chi connectivity index (χ1) is 14.1. The van der Waals surface area contributed by atoms with Crippen molar-refractivity contribution in [3.63, 3.8) is 0 Å². The Morgan fingerprint density at radius 2 is 1.97 bits per heavy atom. The normalized spacial score (nSPS) is 14.5. The molecule has 3 N–H and O–H groups in total. The second kappa shape index (κ2) is 8.34. The van der Waals surface area contributed by atoms with Gasteiger partial charge in [0.25, 0.3) is 0 Å². The van der Waals surface area contributed by atoms with Gasteiger partial charge in [-0.1, -0.05) is 30.3 Å². The molecule has 29 heavy (non-hydrogen) atoms. The van der Waals surface area contributed by atoms with Crippen molar-refractivity contribution in [1.82, 2.24) is 10.3 Å². The number of hydrogen-bond acceptors (Lipinski definition) is 4. The predicted molar refractivity (Wildman–Crippen MR) is 109 cm³/mol. The molecule has 2 amide bonds. The molecule has 1 atom stereocenters. The summed E-state index contributed by atoms with van der Waals surface area (Å²) in [5, 5.41) is 14.7. The number of hydrogen-bond donors (Lipinski definition) is 3. The van der Waals surface area contributed by atoms with E-state index in [1.807, 2.05) is 36.4 Å². The molecular formula is C22H23N3O4. The van der Waals surface area contributed by atoms with Gasteiger partial charge in [0.05, 0.1) is 0 Å². The van der Waals surface area contributed by atoms with Crippen LogP contribution in [0.25, 0.3) is 11.1 Å². The largest absolute Gasteiger partial charge is 0.481 e. The number of carboxylic acid groups (broad SMARTS) is 1. The number of aliphatic carboxylic acids is 1. The van der Waals surface area contributed by atoms with E-state index < -0.39 is 5.97 Å². The Hall–Kier alpha value is -3.35. The Kier molecular flexibility index (Phi) is 5.46. The standard InChI is InChI=1S/C22H23N3O4/c26-20(27)11-9-16(12-14-4-2-1-3-5-14)23-22(28)24-17-8-10-18-19(13-17)29-21(25-18)15-6-7-15/h1-5,8,10,13,15-16H,6-7,9,11-12H2,(H,26,27)(H2,23,24,28). The van der Waals surface area contributed by atoms with Crippen LogP contribution in [0.15, 0.2) is 52.9 Å². The second-order valence-electron chi connectivity index (χ2n) is 7.43. The maximum absolute atomic E-state index is 12.5. The van der Waals surface area contributed by atoms with Crippen LogP contribution in [0, 0.1) is 0 Å². The summed E-state index contributed by atoms with van der Waals surface area (Å²) in [5.41, 5.74) is 3.07. The molecule has 150 valence electrons. The molecule has 7 nitrogen and oxygen atoms in total. The number of amides is 2. The molecule has 1 unspecified atom stereocenters. The van der Waals surface area contributed by atoms with Crippen LogP contribution in [0.2, 0.25) is 0 Å². The molecular weight excluding hydrogens is 370 g/mol. The molecule has 4 rings (SSSR count). The van der Waals surface area contributed by atoms with E-state index in [0.717, 1.165) is 29.8 Å². The number of rotatable bonds is 8. The fraction of sp³-hybridized carbons (Fsp3) is 0.318. The summed E-state index contributed by atoms with van der Waals surface area (Å²) in [6.07, 6.45) is 3.13. The number of urea groups is 1. The maximum atomic E-state index is 12.5. The average molecular weight is 393 g/mol. The van der Waals surface area contributed by atoms with Crippen LogP contribution in [-0.4, -0.2) is 28.1 Å². The topological polar surface area (TPSA) is 104 Å². The Bertz CT molecular complexity index is 1010. The van der Waals surface area contributed by atoms with E-state index in [1.165, 1.54) is 0 Å². The zero-order valence-corrected chi connectivity index (χ0v) is 15.9. The highest BCUT2D eigenvalue weighted by atomic mass is 16.4. The molecule has 1 fully saturated rings. The third-order valence-corrected chi connectivity index (χ3v) is 4.96. The number of fused-ring (bicyclic) bond motifs is 1. The Labute approximate surface area is 168 Å². The number of carboxylic acids is 1. The lowest BCUT2D eigenvalue weighted by molar-refractivity contribution is -0.137. The number of nitrogens with zero attached hydrogens (tertiary/aromatic N) is 1. The molecule has 1 aliphatic carbocycles. The molecule has 0 bridgehead atoms. The quantitative estimate of drug-likeness (QED) is 0.529. The lowest BCUT2D eigenvalue weighted by atomic mass is 10.0. The molecule has 1 aliphatic rings. The lowest BCUT2D eigenvalue weighted by Crippen LogP contribution is -2.39. The van der Waals surface area contributed by atoms with Crippen molar-refractivity contribution in [2.24, 2.45) is 0 Å². The fourth-order valence-corrected chi connectivity index (χ4v) is 3.30. The summed E-state index contributed by atoms with van der Waals surface area (Å²) in [7, 11) is 0. The van der Waals surface area contributed by atoms with Crippen molar-refractivity contribution < 1.29 is 19.1 Å². The van der Waals surface area contributed by atoms with Crippen molar-refractivity contribution in [1.29, 1.82) is 0 Å². The summed E-state index contributed by atoms with van der Waals surface area (Å²) in [4.78, 5) is 27.9. The van der Waals surface area contributed by atoms with E-state index >= 15 is 0 Å². The van der Waals surface area contributed by atoms with E-state index in [0.29, 0.717) is 30.0 Å². The van der Waals surface area contributed by atoms with Gasteiger partial charge in [0.2, 0.25) is 0 Å². The number of nitrogens with one attached hydrogen (secondary N) is 2. The van der Waals surface area contributed by atoms with Crippen molar-refractivity contribution in [2.45, 2.75) is 44.1 Å². The lowest BCUT2D eigenvalue weighted by Gasteiger charge is -2.18. The monoisotopic (exact) mass is 393 g/mol.